The van der Waals surface area contributed by atoms with E-state index in [1.54, 1.807) is 12.4 Å². The summed E-state index contributed by atoms with van der Waals surface area (Å²) in [7, 11) is 0. The van der Waals surface area contributed by atoms with Crippen LogP contribution in [0.25, 0.3) is 0 Å². The molecule has 0 aliphatic heterocycles. The molecule has 0 aromatic carbocycles. The summed E-state index contributed by atoms with van der Waals surface area (Å²) < 4.78 is 0.992. The van der Waals surface area contributed by atoms with Crippen molar-refractivity contribution in [2.45, 2.75) is 18.9 Å². The summed E-state index contributed by atoms with van der Waals surface area (Å²) >= 11 is 2.18. The first-order chi connectivity index (χ1) is 6.20. The number of hydrogen-bond acceptors (Lipinski definition) is 3. The van der Waals surface area contributed by atoms with Gasteiger partial charge in [-0.2, -0.15) is 0 Å². The highest BCUT2D eigenvalue weighted by molar-refractivity contribution is 14.1. The summed E-state index contributed by atoms with van der Waals surface area (Å²) in [6.07, 6.45) is 6.01. The van der Waals surface area contributed by atoms with E-state index in [2.05, 4.69) is 27.6 Å². The monoisotopic (exact) mass is 289 g/mol. The molecule has 4 heteroatoms. The van der Waals surface area contributed by atoms with Crippen LogP contribution in [0.1, 0.15) is 24.4 Å². The minimum absolute atomic E-state index is 0.0854. The van der Waals surface area contributed by atoms with E-state index in [1.807, 2.05) is 0 Å². The Morgan fingerprint density at radius 1 is 1.46 bits per heavy atom. The molecule has 0 unspecified atom stereocenters. The molecule has 3 nitrogen and oxygen atoms in total. The number of hydrogen-bond donors (Lipinski definition) is 2. The van der Waals surface area contributed by atoms with Crippen LogP contribution < -0.4 is 11.5 Å². The zero-order valence-electron chi connectivity index (χ0n) is 7.20. The maximum absolute atomic E-state index is 6.05. The fraction of sp³-hybridized carbons (Fsp3) is 0.444. The predicted octanol–water partition coefficient (Wildman–Crippen LogP) is 1.68. The van der Waals surface area contributed by atoms with Gasteiger partial charge in [-0.25, -0.2) is 0 Å². The number of nitrogens with zero attached hydrogens (tertiary/aromatic N) is 1. The van der Waals surface area contributed by atoms with Gasteiger partial charge in [0, 0.05) is 24.0 Å². The number of halogens is 1. The molecule has 1 aliphatic carbocycles. The van der Waals surface area contributed by atoms with Gasteiger partial charge in [-0.1, -0.05) is 0 Å². The summed E-state index contributed by atoms with van der Waals surface area (Å²) in [4.78, 5) is 4.11. The van der Waals surface area contributed by atoms with Gasteiger partial charge < -0.3 is 11.5 Å². The number of aromatic nitrogens is 1. The van der Waals surface area contributed by atoms with E-state index in [-0.39, 0.29) is 6.04 Å². The summed E-state index contributed by atoms with van der Waals surface area (Å²) in [5.74, 6) is 0.627. The molecule has 0 spiro atoms. The van der Waals surface area contributed by atoms with Gasteiger partial charge >= 0.3 is 0 Å². The minimum Gasteiger partial charge on any atom is -0.398 e. The Labute approximate surface area is 91.0 Å². The van der Waals surface area contributed by atoms with Gasteiger partial charge in [0.05, 0.1) is 9.26 Å². The second-order valence-electron chi connectivity index (χ2n) is 3.49. The van der Waals surface area contributed by atoms with Crippen LogP contribution in [0.3, 0.4) is 0 Å². The predicted molar refractivity (Wildman–Crippen MR) is 61.0 cm³/mol. The molecule has 1 heterocycles. The molecular formula is C9H12IN3. The van der Waals surface area contributed by atoms with Crippen molar-refractivity contribution < 1.29 is 0 Å². The van der Waals surface area contributed by atoms with Crippen LogP contribution in [0.5, 0.6) is 0 Å². The van der Waals surface area contributed by atoms with Crippen molar-refractivity contribution in [3.05, 3.63) is 21.5 Å². The first-order valence-electron chi connectivity index (χ1n) is 4.34. The van der Waals surface area contributed by atoms with Crippen LogP contribution in [-0.4, -0.2) is 4.98 Å². The summed E-state index contributed by atoms with van der Waals surface area (Å²) in [5, 5.41) is 0. The van der Waals surface area contributed by atoms with Crippen molar-refractivity contribution in [1.82, 2.24) is 4.98 Å². The quantitative estimate of drug-likeness (QED) is 0.814. The number of nitrogen functional groups attached to an aromatic ring is 1. The molecule has 4 N–H and O–H groups in total. The molecule has 1 aliphatic rings. The summed E-state index contributed by atoms with van der Waals surface area (Å²) in [6.45, 7) is 0. The van der Waals surface area contributed by atoms with Crippen LogP contribution in [0.15, 0.2) is 12.4 Å². The molecule has 1 fully saturated rings. The van der Waals surface area contributed by atoms with Crippen molar-refractivity contribution >= 4 is 28.3 Å². The van der Waals surface area contributed by atoms with Crippen molar-refractivity contribution in [3.63, 3.8) is 0 Å². The van der Waals surface area contributed by atoms with Crippen molar-refractivity contribution in [2.24, 2.45) is 11.7 Å². The van der Waals surface area contributed by atoms with Gasteiger partial charge in [-0.15, -0.1) is 0 Å². The van der Waals surface area contributed by atoms with E-state index >= 15 is 0 Å². The third-order valence-electron chi connectivity index (χ3n) is 2.46. The standard InChI is InChI=1S/C9H12IN3/c10-7-4-13-3-6(9(7)12)8(11)5-1-2-5/h3-5,8H,1-2,11H2,(H2,12,13)/t8-/m1/s1. The third kappa shape index (κ3) is 1.78. The highest BCUT2D eigenvalue weighted by Gasteiger charge is 2.30. The van der Waals surface area contributed by atoms with Gasteiger partial charge in [-0.3, -0.25) is 4.98 Å². The van der Waals surface area contributed by atoms with Crippen LogP contribution in [-0.2, 0) is 0 Å². The van der Waals surface area contributed by atoms with Crippen LogP contribution in [0, 0.1) is 9.49 Å². The number of anilines is 1. The van der Waals surface area contributed by atoms with Crippen LogP contribution in [0.4, 0.5) is 5.69 Å². The molecule has 0 bridgehead atoms. The lowest BCUT2D eigenvalue weighted by Crippen LogP contribution is -2.15. The van der Waals surface area contributed by atoms with Gasteiger partial charge in [0.25, 0.3) is 0 Å². The SMILES string of the molecule is Nc1c(I)cncc1[C@H](N)C1CC1. The average molecular weight is 289 g/mol. The Kier molecular flexibility index (Phi) is 2.42. The smallest absolute Gasteiger partial charge is 0.0546 e. The molecule has 0 amide bonds. The highest BCUT2D eigenvalue weighted by atomic mass is 127. The fourth-order valence-corrected chi connectivity index (χ4v) is 1.91. The normalized spacial score (nSPS) is 18.6. The Balaban J connectivity index is 2.32. The van der Waals surface area contributed by atoms with Gasteiger partial charge in [0.2, 0.25) is 0 Å². The molecule has 70 valence electrons. The zero-order chi connectivity index (χ0) is 9.42. The third-order valence-corrected chi connectivity index (χ3v) is 3.32. The van der Waals surface area contributed by atoms with Gasteiger partial charge in [0.1, 0.15) is 0 Å². The highest BCUT2D eigenvalue weighted by Crippen LogP contribution is 2.41. The number of nitrogens with two attached hydrogens (primary N) is 2. The average Bonchev–Trinajstić information content (AvgIpc) is 2.91. The first kappa shape index (κ1) is 9.21. The maximum atomic E-state index is 6.05. The van der Waals surface area contributed by atoms with Crippen molar-refractivity contribution in [2.75, 3.05) is 5.73 Å². The topological polar surface area (TPSA) is 64.9 Å². The molecule has 2 rings (SSSR count). The van der Waals surface area contributed by atoms with Crippen molar-refractivity contribution in [3.8, 4) is 0 Å². The molecule has 1 aromatic heterocycles. The lowest BCUT2D eigenvalue weighted by Gasteiger charge is -2.13. The zero-order valence-corrected chi connectivity index (χ0v) is 9.36. The lowest BCUT2D eigenvalue weighted by molar-refractivity contribution is 0.632. The van der Waals surface area contributed by atoms with Crippen LogP contribution >= 0.6 is 22.6 Å². The Morgan fingerprint density at radius 2 is 2.15 bits per heavy atom. The van der Waals surface area contributed by atoms with E-state index in [1.165, 1.54) is 12.8 Å². The molecule has 1 atom stereocenters. The molecule has 0 radical (unpaired) electrons. The van der Waals surface area contributed by atoms with Gasteiger partial charge in [0.15, 0.2) is 0 Å². The first-order valence-corrected chi connectivity index (χ1v) is 5.42. The largest absolute Gasteiger partial charge is 0.398 e. The Hall–Kier alpha value is -0.360. The van der Waals surface area contributed by atoms with E-state index in [4.69, 9.17) is 11.5 Å². The lowest BCUT2D eigenvalue weighted by atomic mass is 10.0. The van der Waals surface area contributed by atoms with Crippen molar-refractivity contribution in [1.29, 1.82) is 0 Å². The summed E-state index contributed by atoms with van der Waals surface area (Å²) in [6, 6.07) is 0.0854. The fourth-order valence-electron chi connectivity index (χ4n) is 1.43. The maximum Gasteiger partial charge on any atom is 0.0546 e. The molecule has 13 heavy (non-hydrogen) atoms. The molecule has 1 saturated carbocycles. The number of rotatable bonds is 2. The molecule has 1 aromatic rings. The Bertz CT molecular complexity index is 323. The second-order valence-corrected chi connectivity index (χ2v) is 4.65. The second kappa shape index (κ2) is 3.42. The molecule has 0 saturated heterocycles. The van der Waals surface area contributed by atoms with Gasteiger partial charge in [-0.05, 0) is 41.4 Å². The summed E-state index contributed by atoms with van der Waals surface area (Å²) in [5.41, 5.74) is 13.8. The van der Waals surface area contributed by atoms with E-state index in [0.29, 0.717) is 5.92 Å². The molecular weight excluding hydrogens is 277 g/mol. The van der Waals surface area contributed by atoms with E-state index < -0.39 is 0 Å². The number of pyridine rings is 1. The van der Waals surface area contributed by atoms with E-state index in [9.17, 15) is 0 Å². The Morgan fingerprint density at radius 3 is 2.77 bits per heavy atom. The minimum atomic E-state index is 0.0854. The van der Waals surface area contributed by atoms with Crippen LogP contribution in [0.2, 0.25) is 0 Å². The van der Waals surface area contributed by atoms with E-state index in [0.717, 1.165) is 14.8 Å².